The molecular formula is C29H34O14. The van der Waals surface area contributed by atoms with Gasteiger partial charge in [0.25, 0.3) is 0 Å². The molecule has 1 aromatic heterocycles. The van der Waals surface area contributed by atoms with Crippen molar-refractivity contribution < 1.29 is 63.5 Å². The summed E-state index contributed by atoms with van der Waals surface area (Å²) in [6, 6.07) is 9.74. The van der Waals surface area contributed by atoms with Crippen molar-refractivity contribution in [2.75, 3.05) is 20.8 Å². The maximum Gasteiger partial charge on any atom is 0.229 e. The van der Waals surface area contributed by atoms with Crippen LogP contribution < -0.4 is 19.6 Å². The first-order chi connectivity index (χ1) is 20.5. The van der Waals surface area contributed by atoms with E-state index in [-0.39, 0.29) is 27.9 Å². The van der Waals surface area contributed by atoms with Crippen molar-refractivity contribution in [3.05, 3.63) is 52.9 Å². The molecule has 0 amide bonds. The van der Waals surface area contributed by atoms with Gasteiger partial charge in [-0.25, -0.2) is 0 Å². The summed E-state index contributed by atoms with van der Waals surface area (Å²) in [6.07, 6.45) is -13.3. The van der Waals surface area contributed by atoms with Crippen LogP contribution in [-0.4, -0.2) is 113 Å². The van der Waals surface area contributed by atoms with Gasteiger partial charge in [-0.2, -0.15) is 0 Å². The van der Waals surface area contributed by atoms with E-state index >= 15 is 0 Å². The Balaban J connectivity index is 1.36. The van der Waals surface area contributed by atoms with Gasteiger partial charge in [-0.15, -0.1) is 0 Å². The summed E-state index contributed by atoms with van der Waals surface area (Å²) >= 11 is 0. The Hall–Kier alpha value is -3.31. The molecule has 2 aliphatic rings. The van der Waals surface area contributed by atoms with Crippen molar-refractivity contribution in [2.45, 2.75) is 68.3 Å². The molecule has 43 heavy (non-hydrogen) atoms. The van der Waals surface area contributed by atoms with Gasteiger partial charge in [-0.1, -0.05) is 12.1 Å². The minimum atomic E-state index is -1.73. The highest BCUT2D eigenvalue weighted by molar-refractivity contribution is 5.88. The topological polar surface area (TPSA) is 207 Å². The van der Waals surface area contributed by atoms with E-state index in [4.69, 9.17) is 32.8 Å². The Morgan fingerprint density at radius 1 is 0.767 bits per heavy atom. The lowest BCUT2D eigenvalue weighted by molar-refractivity contribution is -0.318. The number of benzene rings is 2. The van der Waals surface area contributed by atoms with Crippen LogP contribution in [0.4, 0.5) is 0 Å². The zero-order chi connectivity index (χ0) is 31.0. The largest absolute Gasteiger partial charge is 0.497 e. The number of hydrogen-bond donors (Lipinski definition) is 6. The van der Waals surface area contributed by atoms with Gasteiger partial charge in [0.2, 0.25) is 17.5 Å². The Kier molecular flexibility index (Phi) is 9.22. The normalized spacial score (nSPS) is 32.9. The van der Waals surface area contributed by atoms with E-state index in [1.54, 1.807) is 24.3 Å². The average molecular weight is 607 g/mol. The molecule has 2 fully saturated rings. The molecule has 0 saturated carbocycles. The Bertz CT molecular complexity index is 1460. The highest BCUT2D eigenvalue weighted by atomic mass is 16.7. The average Bonchev–Trinajstić information content (AvgIpc) is 3.02. The molecule has 6 N–H and O–H groups in total. The van der Waals surface area contributed by atoms with Crippen molar-refractivity contribution in [1.29, 1.82) is 0 Å². The lowest BCUT2D eigenvalue weighted by atomic mass is 9.98. The Morgan fingerprint density at radius 2 is 1.44 bits per heavy atom. The van der Waals surface area contributed by atoms with Crippen LogP contribution >= 0.6 is 0 Å². The third kappa shape index (κ3) is 5.93. The van der Waals surface area contributed by atoms with E-state index in [2.05, 4.69) is 0 Å². The van der Waals surface area contributed by atoms with Crippen LogP contribution in [0.2, 0.25) is 0 Å². The number of ether oxygens (including phenoxy) is 6. The standard InChI is InChI=1S/C29H34O14/c1-12-19(30)22(33)24(35)28(41-12)40-11-18-21(32)23(34)25(36)29(43-18)42-17-9-8-15-20(31)16(10-39-26(15)27(17)38-3)13-4-6-14(37-2)7-5-13/h4-10,12,18-19,21-25,28-30,32-36H,11H2,1-3H3/t12-,18-,19-,21-,22+,23+,24-,25-,28-,29-/m0/s1. The fourth-order valence-corrected chi connectivity index (χ4v) is 5.03. The van der Waals surface area contributed by atoms with E-state index in [0.717, 1.165) is 0 Å². The lowest BCUT2D eigenvalue weighted by Gasteiger charge is -2.42. The van der Waals surface area contributed by atoms with E-state index in [1.807, 2.05) is 0 Å². The van der Waals surface area contributed by atoms with Crippen molar-refractivity contribution in [3.8, 4) is 28.4 Å². The molecule has 2 aromatic carbocycles. The van der Waals surface area contributed by atoms with Gasteiger partial charge in [0.05, 0.1) is 37.9 Å². The van der Waals surface area contributed by atoms with Crippen LogP contribution in [0.1, 0.15) is 6.92 Å². The van der Waals surface area contributed by atoms with Crippen molar-refractivity contribution >= 4 is 11.0 Å². The van der Waals surface area contributed by atoms with Crippen LogP contribution in [0, 0.1) is 0 Å². The predicted octanol–water partition coefficient (Wildman–Crippen LogP) is -0.492. The second kappa shape index (κ2) is 12.7. The maximum absolute atomic E-state index is 13.3. The van der Waals surface area contributed by atoms with Crippen LogP contribution in [0.5, 0.6) is 17.2 Å². The molecule has 2 aliphatic heterocycles. The molecule has 10 atom stereocenters. The van der Waals surface area contributed by atoms with Gasteiger partial charge >= 0.3 is 0 Å². The third-order valence-electron chi connectivity index (χ3n) is 7.61. The van der Waals surface area contributed by atoms with Crippen molar-refractivity contribution in [1.82, 2.24) is 0 Å². The smallest absolute Gasteiger partial charge is 0.229 e. The first-order valence-corrected chi connectivity index (χ1v) is 13.5. The Morgan fingerprint density at radius 3 is 2.12 bits per heavy atom. The molecule has 3 aromatic rings. The SMILES string of the molecule is COc1ccc(-c2coc3c(OC)c(O[C@H]4O[C@@H](CO[C@H]5O[C@@H](C)[C@H](O)[C@@H](O)[C@@H]5O)[C@H](O)[C@@H](O)[C@@H]4O)ccc3c2=O)cc1. The van der Waals surface area contributed by atoms with Crippen LogP contribution in [0.15, 0.2) is 51.9 Å². The predicted molar refractivity (Wildman–Crippen MR) is 147 cm³/mol. The minimum Gasteiger partial charge on any atom is -0.497 e. The van der Waals surface area contributed by atoms with Crippen LogP contribution in [-0.2, 0) is 14.2 Å². The molecule has 5 rings (SSSR count). The summed E-state index contributed by atoms with van der Waals surface area (Å²) in [5, 5.41) is 61.9. The fraction of sp³-hybridized carbons (Fsp3) is 0.483. The summed E-state index contributed by atoms with van der Waals surface area (Å²) < 4.78 is 38.8. The molecule has 0 spiro atoms. The Labute approximate surface area is 245 Å². The van der Waals surface area contributed by atoms with Gasteiger partial charge in [0, 0.05) is 0 Å². The molecule has 0 aliphatic carbocycles. The highest BCUT2D eigenvalue weighted by Gasteiger charge is 2.47. The lowest BCUT2D eigenvalue weighted by Crippen LogP contribution is -2.61. The minimum absolute atomic E-state index is 0.000346. The monoisotopic (exact) mass is 606 g/mol. The molecule has 14 heteroatoms. The summed E-state index contributed by atoms with van der Waals surface area (Å²) in [5.41, 5.74) is 0.647. The highest BCUT2D eigenvalue weighted by Crippen LogP contribution is 2.37. The van der Waals surface area contributed by atoms with Gasteiger partial charge < -0.3 is 63.5 Å². The molecule has 14 nitrogen and oxygen atoms in total. The summed E-state index contributed by atoms with van der Waals surface area (Å²) in [4.78, 5) is 13.3. The quantitative estimate of drug-likeness (QED) is 0.191. The second-order valence-electron chi connectivity index (χ2n) is 10.3. The summed E-state index contributed by atoms with van der Waals surface area (Å²) in [6.45, 7) is 1.02. The van der Waals surface area contributed by atoms with E-state index < -0.39 is 68.0 Å². The third-order valence-corrected chi connectivity index (χ3v) is 7.61. The molecule has 3 heterocycles. The first-order valence-electron chi connectivity index (χ1n) is 13.5. The van der Waals surface area contributed by atoms with Crippen molar-refractivity contribution in [3.63, 3.8) is 0 Å². The van der Waals surface area contributed by atoms with Gasteiger partial charge in [-0.3, -0.25) is 4.79 Å². The van der Waals surface area contributed by atoms with Gasteiger partial charge in [0.1, 0.15) is 54.7 Å². The number of methoxy groups -OCH3 is 2. The number of aliphatic hydroxyl groups is 6. The molecule has 0 unspecified atom stereocenters. The zero-order valence-electron chi connectivity index (χ0n) is 23.5. The number of fused-ring (bicyclic) bond motifs is 1. The van der Waals surface area contributed by atoms with Crippen molar-refractivity contribution in [2.24, 2.45) is 0 Å². The summed E-state index contributed by atoms with van der Waals surface area (Å²) in [7, 11) is 2.87. The molecule has 2 saturated heterocycles. The van der Waals surface area contributed by atoms with Crippen LogP contribution in [0.25, 0.3) is 22.1 Å². The molecule has 0 radical (unpaired) electrons. The number of hydrogen-bond acceptors (Lipinski definition) is 14. The fourth-order valence-electron chi connectivity index (χ4n) is 5.03. The second-order valence-corrected chi connectivity index (χ2v) is 10.3. The molecule has 0 bridgehead atoms. The molecule has 234 valence electrons. The number of rotatable bonds is 8. The van der Waals surface area contributed by atoms with Gasteiger partial charge in [-0.05, 0) is 36.8 Å². The van der Waals surface area contributed by atoms with E-state index in [0.29, 0.717) is 16.9 Å². The number of aliphatic hydroxyl groups excluding tert-OH is 6. The molecular weight excluding hydrogens is 572 g/mol. The van der Waals surface area contributed by atoms with Crippen LogP contribution in [0.3, 0.4) is 0 Å². The summed E-state index contributed by atoms with van der Waals surface area (Å²) in [5.74, 6) is 0.643. The zero-order valence-corrected chi connectivity index (χ0v) is 23.5. The van der Waals surface area contributed by atoms with E-state index in [9.17, 15) is 35.4 Å². The van der Waals surface area contributed by atoms with E-state index in [1.165, 1.54) is 39.5 Å². The maximum atomic E-state index is 13.3. The van der Waals surface area contributed by atoms with Gasteiger partial charge in [0.15, 0.2) is 17.6 Å². The first kappa shape index (κ1) is 31.1.